The summed E-state index contributed by atoms with van der Waals surface area (Å²) < 4.78 is 0. The zero-order valence-electron chi connectivity index (χ0n) is 20.1. The number of hydrogen-bond acceptors (Lipinski definition) is 9. The van der Waals surface area contributed by atoms with Crippen molar-refractivity contribution in [2.24, 2.45) is 34.0 Å². The molecule has 3 atom stereocenters. The average Bonchev–Trinajstić information content (AvgIpc) is 2.44. The quantitative estimate of drug-likeness (QED) is 0.302. The molecule has 182 valence electrons. The van der Waals surface area contributed by atoms with Crippen molar-refractivity contribution in [3.05, 3.63) is 0 Å². The van der Waals surface area contributed by atoms with Gasteiger partial charge in [-0.15, -0.1) is 0 Å². The zero-order valence-corrected chi connectivity index (χ0v) is 25.3. The molecule has 10 heteroatoms. The molecule has 0 saturated heterocycles. The monoisotopic (exact) mass is 604 g/mol. The predicted molar refractivity (Wildman–Crippen MR) is 131 cm³/mol. The fourth-order valence-corrected chi connectivity index (χ4v) is 4.20. The SMILES string of the molecule is CC(C)(C)C(CS)C(=O)[O-].CC(C)(C)C(CS)C(=O)[O-].CC(C)(C)C(CS)C(=O)[O-].[Sb+3]. The molecule has 0 spiro atoms. The second kappa shape index (κ2) is 16.8. The largest absolute Gasteiger partial charge is 3.00 e. The molecule has 0 fully saturated rings. The Kier molecular flexibility index (Phi) is 20.9. The molecule has 0 bridgehead atoms. The van der Waals surface area contributed by atoms with Crippen LogP contribution in [0, 0.1) is 34.0 Å². The van der Waals surface area contributed by atoms with Crippen LogP contribution in [0.2, 0.25) is 0 Å². The van der Waals surface area contributed by atoms with Gasteiger partial charge in [-0.05, 0) is 33.5 Å². The van der Waals surface area contributed by atoms with Gasteiger partial charge in [0.2, 0.25) is 0 Å². The van der Waals surface area contributed by atoms with Crippen molar-refractivity contribution in [3.8, 4) is 0 Å². The minimum absolute atomic E-state index is 0. The molecule has 0 aliphatic heterocycles. The second-order valence-electron chi connectivity index (χ2n) is 10.3. The molecule has 0 saturated carbocycles. The third kappa shape index (κ3) is 18.4. The Bertz CT molecular complexity index is 461. The van der Waals surface area contributed by atoms with E-state index in [2.05, 4.69) is 37.9 Å². The third-order valence-corrected chi connectivity index (χ3v) is 5.63. The molecule has 0 aliphatic carbocycles. The number of rotatable bonds is 6. The summed E-state index contributed by atoms with van der Waals surface area (Å²) in [6.45, 7) is 16.8. The van der Waals surface area contributed by atoms with Gasteiger partial charge in [0.15, 0.2) is 0 Å². The maximum Gasteiger partial charge on any atom is 3.00 e. The zero-order chi connectivity index (χ0) is 25.1. The molecule has 0 heterocycles. The normalized spacial score (nSPS) is 14.3. The predicted octanol–water partition coefficient (Wildman–Crippen LogP) is 0.604. The summed E-state index contributed by atoms with van der Waals surface area (Å²) in [6.07, 6.45) is 0. The Hall–Kier alpha value is 0.278. The van der Waals surface area contributed by atoms with Gasteiger partial charge in [0.1, 0.15) is 0 Å². The minimum atomic E-state index is -1.01. The number of carboxylic acid groups (broad SMARTS) is 3. The van der Waals surface area contributed by atoms with Crippen LogP contribution in [0.25, 0.3) is 0 Å². The van der Waals surface area contributed by atoms with Crippen molar-refractivity contribution < 1.29 is 29.7 Å². The van der Waals surface area contributed by atoms with Gasteiger partial charge in [0.05, 0.1) is 0 Å². The molecule has 3 unspecified atom stereocenters. The second-order valence-corrected chi connectivity index (χ2v) is 11.4. The third-order valence-electron chi connectivity index (χ3n) is 4.54. The number of hydrogen-bond donors (Lipinski definition) is 3. The van der Waals surface area contributed by atoms with E-state index in [0.29, 0.717) is 17.3 Å². The van der Waals surface area contributed by atoms with Crippen molar-refractivity contribution in [1.82, 2.24) is 0 Å². The topological polar surface area (TPSA) is 120 Å². The van der Waals surface area contributed by atoms with Crippen LogP contribution in [-0.2, 0) is 14.4 Å². The molecule has 2 radical (unpaired) electrons. The number of carbonyl (C=O) groups excluding carboxylic acids is 3. The standard InChI is InChI=1S/3C7H14O2S.Sb/c3*1-7(2,3)5(4-10)6(8)9;/h3*5,10H,4H2,1-3H3,(H,8,9);/q;;;+3/p-3. The van der Waals surface area contributed by atoms with Gasteiger partial charge in [-0.1, -0.05) is 62.3 Å². The molecule has 0 aromatic heterocycles. The Balaban J connectivity index is -0.000000174. The minimum Gasteiger partial charge on any atom is -0.550 e. The summed E-state index contributed by atoms with van der Waals surface area (Å²) in [5, 5.41) is 31.3. The number of carboxylic acids is 3. The van der Waals surface area contributed by atoms with Crippen molar-refractivity contribution in [2.45, 2.75) is 62.3 Å². The van der Waals surface area contributed by atoms with Crippen LogP contribution < -0.4 is 15.3 Å². The summed E-state index contributed by atoms with van der Waals surface area (Å²) >= 11 is 11.8. The first-order chi connectivity index (χ1) is 13.2. The maximum absolute atomic E-state index is 10.4. The fourth-order valence-electron chi connectivity index (χ4n) is 2.11. The molecular weight excluding hydrogens is 566 g/mol. The van der Waals surface area contributed by atoms with Crippen LogP contribution >= 0.6 is 37.9 Å². The Labute approximate surface area is 222 Å². The van der Waals surface area contributed by atoms with E-state index in [1.807, 2.05) is 62.3 Å². The van der Waals surface area contributed by atoms with Crippen molar-refractivity contribution in [2.75, 3.05) is 17.3 Å². The molecule has 0 rings (SSSR count). The van der Waals surface area contributed by atoms with Crippen molar-refractivity contribution >= 4 is 80.2 Å². The van der Waals surface area contributed by atoms with Crippen molar-refractivity contribution in [1.29, 1.82) is 0 Å². The van der Waals surface area contributed by atoms with E-state index in [9.17, 15) is 29.7 Å². The summed E-state index contributed by atoms with van der Waals surface area (Å²) in [5.41, 5.74) is -0.748. The Morgan fingerprint density at radius 2 is 0.677 bits per heavy atom. The van der Waals surface area contributed by atoms with Crippen LogP contribution in [0.1, 0.15) is 62.3 Å². The van der Waals surface area contributed by atoms with Gasteiger partial charge >= 0.3 is 24.4 Å². The molecule has 0 aromatic carbocycles. The van der Waals surface area contributed by atoms with Gasteiger partial charge in [0.25, 0.3) is 0 Å². The van der Waals surface area contributed by atoms with Gasteiger partial charge in [-0.2, -0.15) is 37.9 Å². The van der Waals surface area contributed by atoms with E-state index >= 15 is 0 Å². The smallest absolute Gasteiger partial charge is 0.550 e. The molecule has 6 nitrogen and oxygen atoms in total. The van der Waals surface area contributed by atoms with Gasteiger partial charge in [-0.25, -0.2) is 0 Å². The van der Waals surface area contributed by atoms with Crippen LogP contribution in [0.5, 0.6) is 0 Å². The first-order valence-corrected chi connectivity index (χ1v) is 11.5. The molecule has 0 N–H and O–H groups in total. The molecule has 31 heavy (non-hydrogen) atoms. The molecule has 0 amide bonds. The summed E-state index contributed by atoms with van der Waals surface area (Å²) in [6, 6.07) is 0. The van der Waals surface area contributed by atoms with E-state index in [-0.39, 0.29) is 40.7 Å². The van der Waals surface area contributed by atoms with Crippen LogP contribution in [0.4, 0.5) is 0 Å². The van der Waals surface area contributed by atoms with Crippen LogP contribution in [0.3, 0.4) is 0 Å². The Morgan fingerprint density at radius 3 is 0.677 bits per heavy atom. The van der Waals surface area contributed by atoms with Gasteiger partial charge in [-0.3, -0.25) is 0 Å². The molecule has 0 aliphatic rings. The van der Waals surface area contributed by atoms with Crippen LogP contribution in [0.15, 0.2) is 0 Å². The summed E-state index contributed by atoms with van der Waals surface area (Å²) in [7, 11) is 0. The first kappa shape index (κ1) is 38.5. The van der Waals surface area contributed by atoms with Gasteiger partial charge < -0.3 is 29.7 Å². The van der Waals surface area contributed by atoms with Gasteiger partial charge in [0, 0.05) is 35.7 Å². The van der Waals surface area contributed by atoms with E-state index in [4.69, 9.17) is 0 Å². The maximum atomic E-state index is 10.4. The summed E-state index contributed by atoms with van der Waals surface area (Å²) in [4.78, 5) is 31.3. The average molecular weight is 605 g/mol. The Morgan fingerprint density at radius 1 is 0.548 bits per heavy atom. The summed E-state index contributed by atoms with van der Waals surface area (Å²) in [5.74, 6) is -3.40. The van der Waals surface area contributed by atoms with Crippen LogP contribution in [-0.4, -0.2) is 59.6 Å². The van der Waals surface area contributed by atoms with E-state index in [0.717, 1.165) is 0 Å². The van der Waals surface area contributed by atoms with E-state index < -0.39 is 35.7 Å². The number of thiol groups is 3. The van der Waals surface area contributed by atoms with E-state index in [1.54, 1.807) is 0 Å². The fraction of sp³-hybridized carbons (Fsp3) is 0.857. The molecular formula is C21H39O6S3Sb. The number of carbonyl (C=O) groups is 3. The first-order valence-electron chi connectivity index (χ1n) is 9.63. The van der Waals surface area contributed by atoms with E-state index in [1.165, 1.54) is 0 Å². The number of aliphatic carboxylic acids is 3. The van der Waals surface area contributed by atoms with Crippen molar-refractivity contribution in [3.63, 3.8) is 0 Å². The molecule has 0 aromatic rings.